The molecule has 126 valence electrons. The highest BCUT2D eigenvalue weighted by Gasteiger charge is 2.46. The lowest BCUT2D eigenvalue weighted by Gasteiger charge is -2.37. The molecule has 0 radical (unpaired) electrons. The first-order valence-corrected chi connectivity index (χ1v) is 8.04. The van der Waals surface area contributed by atoms with E-state index in [1.807, 2.05) is 43.9 Å². The Morgan fingerprint density at radius 2 is 2.09 bits per heavy atom. The molecule has 6 nitrogen and oxygen atoms in total. The van der Waals surface area contributed by atoms with Gasteiger partial charge in [-0.1, -0.05) is 0 Å². The van der Waals surface area contributed by atoms with Crippen molar-refractivity contribution in [2.45, 2.75) is 51.5 Å². The Hall–Kier alpha value is -1.95. The van der Waals surface area contributed by atoms with Crippen molar-refractivity contribution in [1.29, 1.82) is 0 Å². The lowest BCUT2D eigenvalue weighted by Crippen LogP contribution is -2.50. The van der Waals surface area contributed by atoms with Crippen molar-refractivity contribution in [3.63, 3.8) is 0 Å². The molecule has 0 spiro atoms. The van der Waals surface area contributed by atoms with Crippen LogP contribution in [0.15, 0.2) is 18.2 Å². The topological polar surface area (TPSA) is 79.0 Å². The third-order valence-corrected chi connectivity index (χ3v) is 4.45. The Labute approximate surface area is 136 Å². The maximum atomic E-state index is 12.3. The van der Waals surface area contributed by atoms with Crippen LogP contribution >= 0.6 is 0 Å². The molecule has 2 fully saturated rings. The third kappa shape index (κ3) is 3.08. The molecule has 0 aliphatic carbocycles. The molecule has 2 atom stereocenters. The average Bonchev–Trinajstić information content (AvgIpc) is 3.05. The summed E-state index contributed by atoms with van der Waals surface area (Å²) in [6.07, 6.45) is 0.707. The van der Waals surface area contributed by atoms with Gasteiger partial charge in [-0.2, -0.15) is 0 Å². The molecule has 2 bridgehead atoms. The Morgan fingerprint density at radius 1 is 1.35 bits per heavy atom. The number of hydrogen-bond acceptors (Lipinski definition) is 5. The van der Waals surface area contributed by atoms with Crippen molar-refractivity contribution < 1.29 is 14.6 Å². The van der Waals surface area contributed by atoms with Crippen molar-refractivity contribution in [2.75, 3.05) is 23.7 Å². The second kappa shape index (κ2) is 5.60. The highest BCUT2D eigenvalue weighted by Crippen LogP contribution is 2.37. The van der Waals surface area contributed by atoms with Crippen molar-refractivity contribution >= 4 is 17.5 Å². The normalized spacial score (nSPS) is 23.5. The van der Waals surface area contributed by atoms with Crippen LogP contribution in [0, 0.1) is 0 Å². The number of aliphatic hydroxyl groups is 1. The number of benzene rings is 1. The van der Waals surface area contributed by atoms with E-state index in [2.05, 4.69) is 4.90 Å². The molecule has 3 rings (SSSR count). The number of anilines is 2. The van der Waals surface area contributed by atoms with Crippen LogP contribution in [0.1, 0.15) is 32.8 Å². The molecular formula is C17H25N3O3. The van der Waals surface area contributed by atoms with Crippen LogP contribution in [0.3, 0.4) is 0 Å². The number of piperazine rings is 1. The first-order valence-electron chi connectivity index (χ1n) is 8.04. The van der Waals surface area contributed by atoms with E-state index in [0.717, 1.165) is 24.2 Å². The van der Waals surface area contributed by atoms with Gasteiger partial charge in [-0.15, -0.1) is 0 Å². The van der Waals surface area contributed by atoms with Crippen LogP contribution in [0.4, 0.5) is 16.2 Å². The Kier molecular flexibility index (Phi) is 3.88. The number of aliphatic hydroxyl groups excluding tert-OH is 1. The average molecular weight is 319 g/mol. The van der Waals surface area contributed by atoms with Crippen LogP contribution in [0.2, 0.25) is 0 Å². The highest BCUT2D eigenvalue weighted by atomic mass is 16.6. The van der Waals surface area contributed by atoms with Gasteiger partial charge in [0.15, 0.2) is 0 Å². The second-order valence-corrected chi connectivity index (χ2v) is 7.37. The minimum Gasteiger partial charge on any atom is -0.444 e. The maximum absolute atomic E-state index is 12.3. The number of nitrogens with zero attached hydrogens (tertiary/aromatic N) is 2. The predicted molar refractivity (Wildman–Crippen MR) is 89.3 cm³/mol. The quantitative estimate of drug-likeness (QED) is 0.815. The number of carbonyl (C=O) groups excluding carboxylic acids is 1. The minimum absolute atomic E-state index is 0.0377. The van der Waals surface area contributed by atoms with Crippen molar-refractivity contribution in [1.82, 2.24) is 4.90 Å². The van der Waals surface area contributed by atoms with Gasteiger partial charge in [0.2, 0.25) is 0 Å². The van der Waals surface area contributed by atoms with E-state index >= 15 is 0 Å². The monoisotopic (exact) mass is 319 g/mol. The summed E-state index contributed by atoms with van der Waals surface area (Å²) < 4.78 is 5.49. The largest absolute Gasteiger partial charge is 0.444 e. The third-order valence-electron chi connectivity index (χ3n) is 4.45. The van der Waals surface area contributed by atoms with Gasteiger partial charge in [0.25, 0.3) is 0 Å². The highest BCUT2D eigenvalue weighted by molar-refractivity contribution is 5.71. The molecule has 1 amide bonds. The molecule has 6 heteroatoms. The number of ether oxygens (including phenoxy) is 1. The maximum Gasteiger partial charge on any atom is 0.410 e. The molecule has 2 heterocycles. The fourth-order valence-corrected chi connectivity index (χ4v) is 3.52. The standard InChI is InChI=1S/C17H25N3O3/c1-17(2,3)23-16(22)20-9-13-7-14(20)8-19(13)15-5-4-12(18)6-11(15)10-21/h4-6,13-14,21H,7-10,18H2,1-3H3/t13-,14-/m0/s1. The Morgan fingerprint density at radius 3 is 2.65 bits per heavy atom. The predicted octanol–water partition coefficient (Wildman–Crippen LogP) is 1.96. The zero-order chi connectivity index (χ0) is 16.8. The lowest BCUT2D eigenvalue weighted by molar-refractivity contribution is 0.0214. The van der Waals surface area contributed by atoms with E-state index in [9.17, 15) is 9.90 Å². The van der Waals surface area contributed by atoms with Crippen molar-refractivity contribution in [3.05, 3.63) is 23.8 Å². The van der Waals surface area contributed by atoms with E-state index in [0.29, 0.717) is 12.2 Å². The summed E-state index contributed by atoms with van der Waals surface area (Å²) in [7, 11) is 0. The molecule has 0 aromatic heterocycles. The van der Waals surface area contributed by atoms with Gasteiger partial charge in [0.1, 0.15) is 5.60 Å². The molecule has 3 N–H and O–H groups in total. The summed E-state index contributed by atoms with van der Waals surface area (Å²) in [5.74, 6) is 0. The van der Waals surface area contributed by atoms with Crippen LogP contribution in [0.5, 0.6) is 0 Å². The fraction of sp³-hybridized carbons (Fsp3) is 0.588. The number of carbonyl (C=O) groups is 1. The smallest absolute Gasteiger partial charge is 0.410 e. The molecule has 2 aliphatic heterocycles. The van der Waals surface area contributed by atoms with Crippen molar-refractivity contribution in [3.8, 4) is 0 Å². The molecule has 0 unspecified atom stereocenters. The molecule has 2 aliphatic rings. The van der Waals surface area contributed by atoms with Gasteiger partial charge < -0.3 is 25.4 Å². The number of likely N-dealkylation sites (tertiary alicyclic amines) is 1. The van der Waals surface area contributed by atoms with E-state index in [1.54, 1.807) is 0 Å². The summed E-state index contributed by atoms with van der Waals surface area (Å²) >= 11 is 0. The van der Waals surface area contributed by atoms with E-state index < -0.39 is 5.60 Å². The SMILES string of the molecule is CC(C)(C)OC(=O)N1C[C@@H]2C[C@H]1CN2c1ccc(N)cc1CO. The van der Waals surface area contributed by atoms with E-state index in [-0.39, 0.29) is 24.8 Å². The number of nitrogen functional groups attached to an aromatic ring is 1. The summed E-state index contributed by atoms with van der Waals surface area (Å²) in [4.78, 5) is 16.4. The molecule has 2 saturated heterocycles. The number of rotatable bonds is 2. The summed E-state index contributed by atoms with van der Waals surface area (Å²) in [6.45, 7) is 7.04. The number of hydrogen-bond donors (Lipinski definition) is 2. The molecule has 1 aromatic rings. The van der Waals surface area contributed by atoms with Gasteiger partial charge in [-0.05, 0) is 45.4 Å². The number of nitrogens with two attached hydrogens (primary N) is 1. The molecule has 1 aromatic carbocycles. The molecular weight excluding hydrogens is 294 g/mol. The fourth-order valence-electron chi connectivity index (χ4n) is 3.52. The van der Waals surface area contributed by atoms with Crippen LogP contribution in [-0.2, 0) is 11.3 Å². The van der Waals surface area contributed by atoms with Crippen LogP contribution < -0.4 is 10.6 Å². The Balaban J connectivity index is 1.73. The van der Waals surface area contributed by atoms with Gasteiger partial charge >= 0.3 is 6.09 Å². The second-order valence-electron chi connectivity index (χ2n) is 7.37. The number of fused-ring (bicyclic) bond motifs is 2. The lowest BCUT2D eigenvalue weighted by atomic mass is 10.1. The van der Waals surface area contributed by atoms with Gasteiger partial charge in [0.05, 0.1) is 12.6 Å². The summed E-state index contributed by atoms with van der Waals surface area (Å²) in [5.41, 5.74) is 7.82. The molecule has 23 heavy (non-hydrogen) atoms. The molecule has 0 saturated carbocycles. The van der Waals surface area contributed by atoms with E-state index in [4.69, 9.17) is 10.5 Å². The Bertz CT molecular complexity index is 612. The van der Waals surface area contributed by atoms with Gasteiger partial charge in [-0.25, -0.2) is 4.79 Å². The van der Waals surface area contributed by atoms with E-state index in [1.165, 1.54) is 0 Å². The van der Waals surface area contributed by atoms with Crippen molar-refractivity contribution in [2.24, 2.45) is 0 Å². The zero-order valence-corrected chi connectivity index (χ0v) is 14.0. The summed E-state index contributed by atoms with van der Waals surface area (Å²) in [5, 5.41) is 9.57. The minimum atomic E-state index is -0.473. The van der Waals surface area contributed by atoms with Crippen LogP contribution in [0.25, 0.3) is 0 Å². The summed E-state index contributed by atoms with van der Waals surface area (Å²) in [6, 6.07) is 6.05. The van der Waals surface area contributed by atoms with Gasteiger partial charge in [0, 0.05) is 36.1 Å². The van der Waals surface area contributed by atoms with Gasteiger partial charge in [-0.3, -0.25) is 0 Å². The first-order chi connectivity index (χ1) is 10.8. The number of amides is 1. The van der Waals surface area contributed by atoms with Crippen LogP contribution in [-0.4, -0.2) is 46.9 Å². The first kappa shape index (κ1) is 15.9. The zero-order valence-electron chi connectivity index (χ0n) is 14.0.